The van der Waals surface area contributed by atoms with E-state index >= 15 is 0 Å². The van der Waals surface area contributed by atoms with E-state index in [0.29, 0.717) is 13.0 Å². The number of carboxylic acids is 1. The minimum Gasteiger partial charge on any atom is -0.480 e. The van der Waals surface area contributed by atoms with Crippen LogP contribution in [-0.2, 0) is 4.79 Å². The van der Waals surface area contributed by atoms with Gasteiger partial charge < -0.3 is 10.4 Å². The standard InChI is InChI=1S/C13H21N3O2S/c1-3-16-13(2,11(17)18)7-4-5-10-19-12-14-8-6-9-15-12/h6,8-9,16H,3-5,7,10H2,1-2H3,(H,17,18). The first kappa shape index (κ1) is 15.9. The summed E-state index contributed by atoms with van der Waals surface area (Å²) in [6.07, 6.45) is 5.91. The van der Waals surface area contributed by atoms with Crippen LogP contribution in [0.2, 0.25) is 0 Å². The summed E-state index contributed by atoms with van der Waals surface area (Å²) in [6.45, 7) is 4.32. The molecule has 0 aliphatic carbocycles. The molecule has 0 fully saturated rings. The minimum absolute atomic E-state index is 0.631. The maximum Gasteiger partial charge on any atom is 0.323 e. The van der Waals surface area contributed by atoms with Crippen LogP contribution < -0.4 is 5.32 Å². The molecule has 6 heteroatoms. The van der Waals surface area contributed by atoms with Gasteiger partial charge in [0.25, 0.3) is 0 Å². The second kappa shape index (κ2) is 8.12. The molecule has 0 aliphatic rings. The van der Waals surface area contributed by atoms with Gasteiger partial charge in [0.05, 0.1) is 0 Å². The van der Waals surface area contributed by atoms with Gasteiger partial charge in [-0.15, -0.1) is 0 Å². The lowest BCUT2D eigenvalue weighted by molar-refractivity contribution is -0.144. The first-order valence-electron chi connectivity index (χ1n) is 6.47. The predicted octanol–water partition coefficient (Wildman–Crippen LogP) is 2.19. The smallest absolute Gasteiger partial charge is 0.323 e. The summed E-state index contributed by atoms with van der Waals surface area (Å²) in [5.74, 6) is 0.125. The number of thioether (sulfide) groups is 1. The Kier molecular flexibility index (Phi) is 6.80. The molecule has 1 aromatic heterocycles. The topological polar surface area (TPSA) is 75.1 Å². The Balaban J connectivity index is 2.24. The third-order valence-electron chi connectivity index (χ3n) is 2.88. The van der Waals surface area contributed by atoms with Crippen molar-refractivity contribution in [3.05, 3.63) is 18.5 Å². The fourth-order valence-corrected chi connectivity index (χ4v) is 2.57. The molecular formula is C13H21N3O2S. The first-order valence-corrected chi connectivity index (χ1v) is 7.45. The third kappa shape index (κ3) is 5.57. The van der Waals surface area contributed by atoms with Crippen LogP contribution >= 0.6 is 11.8 Å². The van der Waals surface area contributed by atoms with Crippen LogP contribution in [0.3, 0.4) is 0 Å². The highest BCUT2D eigenvalue weighted by Crippen LogP contribution is 2.18. The number of nitrogens with one attached hydrogen (secondary N) is 1. The van der Waals surface area contributed by atoms with Crippen LogP contribution in [0, 0.1) is 0 Å². The summed E-state index contributed by atoms with van der Waals surface area (Å²) in [6, 6.07) is 1.79. The normalized spacial score (nSPS) is 14.0. The summed E-state index contributed by atoms with van der Waals surface area (Å²) in [4.78, 5) is 19.5. The highest BCUT2D eigenvalue weighted by Gasteiger charge is 2.30. The largest absolute Gasteiger partial charge is 0.480 e. The summed E-state index contributed by atoms with van der Waals surface area (Å²) in [5.41, 5.74) is -0.817. The van der Waals surface area contributed by atoms with Crippen molar-refractivity contribution < 1.29 is 9.90 Å². The number of carboxylic acid groups (broad SMARTS) is 1. The number of unbranched alkanes of at least 4 members (excludes halogenated alkanes) is 1. The van der Waals surface area contributed by atoms with Crippen molar-refractivity contribution >= 4 is 17.7 Å². The fourth-order valence-electron chi connectivity index (χ4n) is 1.77. The molecule has 0 bridgehead atoms. The predicted molar refractivity (Wildman–Crippen MR) is 76.3 cm³/mol. The SMILES string of the molecule is CCNC(C)(CCCCSc1ncccn1)C(=O)O. The fraction of sp³-hybridized carbons (Fsp3) is 0.615. The van der Waals surface area contributed by atoms with Gasteiger partial charge in [-0.2, -0.15) is 0 Å². The van der Waals surface area contributed by atoms with Crippen LogP contribution in [0.5, 0.6) is 0 Å². The van der Waals surface area contributed by atoms with Gasteiger partial charge >= 0.3 is 5.97 Å². The van der Waals surface area contributed by atoms with Crippen LogP contribution in [0.25, 0.3) is 0 Å². The van der Waals surface area contributed by atoms with Crippen molar-refractivity contribution in [2.24, 2.45) is 0 Å². The minimum atomic E-state index is -0.817. The number of rotatable bonds is 9. The second-order valence-corrected chi connectivity index (χ2v) is 5.57. The Hall–Kier alpha value is -1.14. The number of aromatic nitrogens is 2. The summed E-state index contributed by atoms with van der Waals surface area (Å²) < 4.78 is 0. The van der Waals surface area contributed by atoms with Gasteiger partial charge in [-0.05, 0) is 32.4 Å². The Morgan fingerprint density at radius 3 is 2.68 bits per heavy atom. The van der Waals surface area contributed by atoms with E-state index in [1.165, 1.54) is 0 Å². The zero-order valence-corrected chi connectivity index (χ0v) is 12.2. The number of aliphatic carboxylic acids is 1. The Labute approximate surface area is 118 Å². The maximum absolute atomic E-state index is 11.2. The van der Waals surface area contributed by atoms with Gasteiger partial charge in [-0.25, -0.2) is 9.97 Å². The number of nitrogens with zero attached hydrogens (tertiary/aromatic N) is 2. The molecular weight excluding hydrogens is 262 g/mol. The monoisotopic (exact) mass is 283 g/mol. The molecule has 5 nitrogen and oxygen atoms in total. The highest BCUT2D eigenvalue weighted by atomic mass is 32.2. The van der Waals surface area contributed by atoms with E-state index in [2.05, 4.69) is 15.3 Å². The van der Waals surface area contributed by atoms with E-state index < -0.39 is 11.5 Å². The van der Waals surface area contributed by atoms with Gasteiger partial charge in [0.2, 0.25) is 0 Å². The average molecular weight is 283 g/mol. The van der Waals surface area contributed by atoms with E-state index in [1.54, 1.807) is 37.1 Å². The van der Waals surface area contributed by atoms with Gasteiger partial charge in [0, 0.05) is 18.1 Å². The van der Waals surface area contributed by atoms with E-state index in [-0.39, 0.29) is 0 Å². The summed E-state index contributed by atoms with van der Waals surface area (Å²) in [7, 11) is 0. The molecule has 0 amide bonds. The Morgan fingerprint density at radius 2 is 2.11 bits per heavy atom. The van der Waals surface area contributed by atoms with E-state index in [4.69, 9.17) is 0 Å². The van der Waals surface area contributed by atoms with Crippen LogP contribution in [-0.4, -0.2) is 38.9 Å². The average Bonchev–Trinajstić information content (AvgIpc) is 2.39. The zero-order chi connectivity index (χ0) is 14.1. The first-order chi connectivity index (χ1) is 9.08. The quantitative estimate of drug-likeness (QED) is 0.411. The highest BCUT2D eigenvalue weighted by molar-refractivity contribution is 7.99. The molecule has 1 aromatic rings. The number of likely N-dealkylation sites (N-methyl/N-ethyl adjacent to an activating group) is 1. The van der Waals surface area contributed by atoms with E-state index in [9.17, 15) is 9.90 Å². The molecule has 0 saturated carbocycles. The van der Waals surface area contributed by atoms with Crippen LogP contribution in [0.15, 0.2) is 23.6 Å². The van der Waals surface area contributed by atoms with E-state index in [1.807, 2.05) is 6.92 Å². The lowest BCUT2D eigenvalue weighted by Gasteiger charge is -2.25. The zero-order valence-electron chi connectivity index (χ0n) is 11.4. The molecule has 1 heterocycles. The number of carbonyl (C=O) groups is 1. The molecule has 0 spiro atoms. The molecule has 0 saturated heterocycles. The molecule has 19 heavy (non-hydrogen) atoms. The molecule has 0 radical (unpaired) electrons. The molecule has 1 atom stereocenters. The Morgan fingerprint density at radius 1 is 1.42 bits per heavy atom. The Bertz CT molecular complexity index is 389. The van der Waals surface area contributed by atoms with Crippen molar-refractivity contribution in [1.29, 1.82) is 0 Å². The summed E-state index contributed by atoms with van der Waals surface area (Å²) in [5, 5.41) is 13.0. The lowest BCUT2D eigenvalue weighted by Crippen LogP contribution is -2.49. The third-order valence-corrected chi connectivity index (χ3v) is 3.85. The van der Waals surface area contributed by atoms with Crippen molar-refractivity contribution in [3.8, 4) is 0 Å². The van der Waals surface area contributed by atoms with Crippen molar-refractivity contribution in [2.75, 3.05) is 12.3 Å². The second-order valence-electron chi connectivity index (χ2n) is 4.50. The van der Waals surface area contributed by atoms with Gasteiger partial charge in [0.15, 0.2) is 5.16 Å². The van der Waals surface area contributed by atoms with Gasteiger partial charge in [-0.3, -0.25) is 4.79 Å². The molecule has 0 aliphatic heterocycles. The molecule has 1 rings (SSSR count). The molecule has 106 valence electrons. The van der Waals surface area contributed by atoms with Gasteiger partial charge in [-0.1, -0.05) is 25.1 Å². The van der Waals surface area contributed by atoms with Crippen molar-refractivity contribution in [2.45, 2.75) is 43.8 Å². The number of hydrogen-bond donors (Lipinski definition) is 2. The van der Waals surface area contributed by atoms with Crippen molar-refractivity contribution in [3.63, 3.8) is 0 Å². The maximum atomic E-state index is 11.2. The van der Waals surface area contributed by atoms with Crippen LogP contribution in [0.4, 0.5) is 0 Å². The van der Waals surface area contributed by atoms with E-state index in [0.717, 1.165) is 23.8 Å². The summed E-state index contributed by atoms with van der Waals surface area (Å²) >= 11 is 1.60. The lowest BCUT2D eigenvalue weighted by atomic mass is 9.95. The number of hydrogen-bond acceptors (Lipinski definition) is 5. The van der Waals surface area contributed by atoms with Crippen LogP contribution in [0.1, 0.15) is 33.1 Å². The van der Waals surface area contributed by atoms with Crippen molar-refractivity contribution in [1.82, 2.24) is 15.3 Å². The molecule has 0 aromatic carbocycles. The molecule has 1 unspecified atom stereocenters. The van der Waals surface area contributed by atoms with Gasteiger partial charge in [0.1, 0.15) is 5.54 Å². The molecule has 2 N–H and O–H groups in total.